The first kappa shape index (κ1) is 17.9. The zero-order chi connectivity index (χ0) is 16.4. The van der Waals surface area contributed by atoms with E-state index in [2.05, 4.69) is 12.6 Å². The number of benzene rings is 1. The second-order valence-electron chi connectivity index (χ2n) is 7.28. The summed E-state index contributed by atoms with van der Waals surface area (Å²) in [5.41, 5.74) is 1.47. The third-order valence-corrected chi connectivity index (χ3v) is 3.47. The summed E-state index contributed by atoms with van der Waals surface area (Å²) in [6.07, 6.45) is 0. The maximum atomic E-state index is 12.1. The molecule has 0 bridgehead atoms. The van der Waals surface area contributed by atoms with Gasteiger partial charge < -0.3 is 9.84 Å². The molecule has 0 radical (unpaired) electrons. The molecule has 3 nitrogen and oxygen atoms in total. The average Bonchev–Trinajstić information content (AvgIpc) is 2.33. The molecule has 1 aromatic carbocycles. The Morgan fingerprint density at radius 2 is 1.52 bits per heavy atom. The fourth-order valence-electron chi connectivity index (χ4n) is 2.12. The lowest BCUT2D eigenvalue weighted by Crippen LogP contribution is -2.19. The minimum Gasteiger partial charge on any atom is -0.507 e. The topological polar surface area (TPSA) is 46.5 Å². The second kappa shape index (κ2) is 6.30. The first-order valence-corrected chi connectivity index (χ1v) is 7.77. The summed E-state index contributed by atoms with van der Waals surface area (Å²) in [4.78, 5) is 12.1. The first-order valence-electron chi connectivity index (χ1n) is 7.14. The Balaban J connectivity index is 3.44. The molecule has 0 aliphatic carbocycles. The number of esters is 1. The van der Waals surface area contributed by atoms with E-state index in [1.165, 1.54) is 0 Å². The van der Waals surface area contributed by atoms with Gasteiger partial charge in [0.25, 0.3) is 0 Å². The number of carbonyl (C=O) groups excluding carboxylic acids is 1. The van der Waals surface area contributed by atoms with Gasteiger partial charge in [0.1, 0.15) is 12.4 Å². The van der Waals surface area contributed by atoms with Crippen molar-refractivity contribution in [1.29, 1.82) is 0 Å². The van der Waals surface area contributed by atoms with E-state index in [-0.39, 0.29) is 29.2 Å². The molecule has 21 heavy (non-hydrogen) atoms. The van der Waals surface area contributed by atoms with Crippen LogP contribution in [0.5, 0.6) is 5.75 Å². The maximum Gasteiger partial charge on any atom is 0.338 e. The van der Waals surface area contributed by atoms with Gasteiger partial charge in [0, 0.05) is 16.9 Å². The minimum absolute atomic E-state index is 0.260. The third kappa shape index (κ3) is 4.40. The molecular formula is C17H26O3S. The van der Waals surface area contributed by atoms with Gasteiger partial charge in [0.05, 0.1) is 5.56 Å². The number of ether oxygens (including phenoxy) is 1. The summed E-state index contributed by atoms with van der Waals surface area (Å²) in [5, 5.41) is 10.6. The maximum absolute atomic E-state index is 12.1. The summed E-state index contributed by atoms with van der Waals surface area (Å²) >= 11 is 4.04. The predicted octanol–water partition coefficient (Wildman–Crippen LogP) is 4.07. The Bertz CT molecular complexity index is 487. The van der Waals surface area contributed by atoms with Crippen LogP contribution in [0.3, 0.4) is 0 Å². The van der Waals surface area contributed by atoms with Crippen molar-refractivity contribution >= 4 is 18.6 Å². The quantitative estimate of drug-likeness (QED) is 0.653. The second-order valence-corrected chi connectivity index (χ2v) is 7.73. The minimum atomic E-state index is -0.375. The highest BCUT2D eigenvalue weighted by Crippen LogP contribution is 2.39. The van der Waals surface area contributed by atoms with E-state index in [0.717, 1.165) is 11.1 Å². The highest BCUT2D eigenvalue weighted by Gasteiger charge is 2.28. The highest BCUT2D eigenvalue weighted by molar-refractivity contribution is 7.80. The van der Waals surface area contributed by atoms with Crippen molar-refractivity contribution in [2.24, 2.45) is 0 Å². The van der Waals surface area contributed by atoms with Gasteiger partial charge in [-0.2, -0.15) is 12.6 Å². The van der Waals surface area contributed by atoms with Crippen molar-refractivity contribution in [2.45, 2.75) is 52.4 Å². The van der Waals surface area contributed by atoms with E-state index >= 15 is 0 Å². The number of hydrogen-bond acceptors (Lipinski definition) is 4. The monoisotopic (exact) mass is 310 g/mol. The Morgan fingerprint density at radius 3 is 1.86 bits per heavy atom. The fraction of sp³-hybridized carbons (Fsp3) is 0.588. The molecule has 0 aliphatic rings. The molecular weight excluding hydrogens is 284 g/mol. The molecule has 1 aromatic rings. The standard InChI is InChI=1S/C17H26O3S/c1-16(2,3)12-9-11(15(19)20-7-8-21)10-13(14(12)18)17(4,5)6/h9-10,18,21H,7-8H2,1-6H3. The van der Waals surface area contributed by atoms with Crippen LogP contribution in [-0.4, -0.2) is 23.4 Å². The third-order valence-electron chi connectivity index (χ3n) is 3.29. The molecule has 0 saturated carbocycles. The Hall–Kier alpha value is -1.16. The molecule has 0 atom stereocenters. The summed E-state index contributed by atoms with van der Waals surface area (Å²) in [5.74, 6) is 0.378. The molecule has 0 fully saturated rings. The van der Waals surface area contributed by atoms with Gasteiger partial charge >= 0.3 is 5.97 Å². The van der Waals surface area contributed by atoms with Gasteiger partial charge in [-0.3, -0.25) is 0 Å². The van der Waals surface area contributed by atoms with Gasteiger partial charge in [-0.1, -0.05) is 41.5 Å². The molecule has 0 aromatic heterocycles. The van der Waals surface area contributed by atoms with E-state index in [0.29, 0.717) is 11.3 Å². The number of phenols is 1. The zero-order valence-corrected chi connectivity index (χ0v) is 14.7. The number of rotatable bonds is 3. The van der Waals surface area contributed by atoms with Crippen LogP contribution in [0, 0.1) is 0 Å². The lowest BCUT2D eigenvalue weighted by atomic mass is 9.78. The van der Waals surface area contributed by atoms with Gasteiger partial charge in [0.2, 0.25) is 0 Å². The average molecular weight is 310 g/mol. The smallest absolute Gasteiger partial charge is 0.338 e. The number of carbonyl (C=O) groups is 1. The SMILES string of the molecule is CC(C)(C)c1cc(C(=O)OCCS)cc(C(C)(C)C)c1O. The summed E-state index contributed by atoms with van der Waals surface area (Å²) in [6.45, 7) is 12.3. The van der Waals surface area contributed by atoms with E-state index in [4.69, 9.17) is 4.74 Å². The van der Waals surface area contributed by atoms with E-state index in [1.807, 2.05) is 41.5 Å². The van der Waals surface area contributed by atoms with E-state index in [1.54, 1.807) is 12.1 Å². The van der Waals surface area contributed by atoms with Crippen LogP contribution in [0.1, 0.15) is 63.0 Å². The molecule has 0 aliphatic heterocycles. The first-order chi connectivity index (χ1) is 9.48. The molecule has 4 heteroatoms. The summed E-state index contributed by atoms with van der Waals surface area (Å²) in [6, 6.07) is 3.46. The lowest BCUT2D eigenvalue weighted by Gasteiger charge is -2.27. The van der Waals surface area contributed by atoms with E-state index in [9.17, 15) is 9.90 Å². The molecule has 0 spiro atoms. The van der Waals surface area contributed by atoms with Crippen LogP contribution in [-0.2, 0) is 15.6 Å². The summed E-state index contributed by atoms with van der Waals surface area (Å²) in [7, 11) is 0. The molecule has 0 amide bonds. The van der Waals surface area contributed by atoms with Gasteiger partial charge in [-0.25, -0.2) is 4.79 Å². The van der Waals surface area contributed by atoms with Gasteiger partial charge in [0.15, 0.2) is 0 Å². The zero-order valence-electron chi connectivity index (χ0n) is 13.8. The van der Waals surface area contributed by atoms with Crippen molar-refractivity contribution in [2.75, 3.05) is 12.4 Å². The van der Waals surface area contributed by atoms with Crippen LogP contribution >= 0.6 is 12.6 Å². The van der Waals surface area contributed by atoms with Crippen LogP contribution in [0.2, 0.25) is 0 Å². The van der Waals surface area contributed by atoms with E-state index < -0.39 is 0 Å². The highest BCUT2D eigenvalue weighted by atomic mass is 32.1. The van der Waals surface area contributed by atoms with Crippen LogP contribution in [0.25, 0.3) is 0 Å². The van der Waals surface area contributed by atoms with Gasteiger partial charge in [-0.05, 0) is 23.0 Å². The fourth-order valence-corrected chi connectivity index (χ4v) is 2.21. The number of aromatic hydroxyl groups is 1. The van der Waals surface area contributed by atoms with Gasteiger partial charge in [-0.15, -0.1) is 0 Å². The number of thiol groups is 1. The normalized spacial score (nSPS) is 12.3. The van der Waals surface area contributed by atoms with Crippen molar-refractivity contribution in [3.05, 3.63) is 28.8 Å². The molecule has 1 N–H and O–H groups in total. The molecule has 1 rings (SSSR count). The van der Waals surface area contributed by atoms with Crippen molar-refractivity contribution in [3.63, 3.8) is 0 Å². The Morgan fingerprint density at radius 1 is 1.10 bits per heavy atom. The lowest BCUT2D eigenvalue weighted by molar-refractivity contribution is 0.0530. The van der Waals surface area contributed by atoms with Crippen molar-refractivity contribution in [3.8, 4) is 5.75 Å². The van der Waals surface area contributed by atoms with Crippen LogP contribution in [0.4, 0.5) is 0 Å². The van der Waals surface area contributed by atoms with Crippen molar-refractivity contribution in [1.82, 2.24) is 0 Å². The molecule has 118 valence electrons. The molecule has 0 unspecified atom stereocenters. The largest absolute Gasteiger partial charge is 0.507 e. The molecule has 0 saturated heterocycles. The Kier molecular flexibility index (Phi) is 5.37. The Labute approximate surface area is 133 Å². The van der Waals surface area contributed by atoms with Crippen LogP contribution in [0.15, 0.2) is 12.1 Å². The van der Waals surface area contributed by atoms with Crippen molar-refractivity contribution < 1.29 is 14.6 Å². The number of hydrogen-bond donors (Lipinski definition) is 2. The predicted molar refractivity (Wildman–Crippen MR) is 89.6 cm³/mol. The number of phenolic OH excluding ortho intramolecular Hbond substituents is 1. The molecule has 0 heterocycles. The summed E-state index contributed by atoms with van der Waals surface area (Å²) < 4.78 is 5.16. The van der Waals surface area contributed by atoms with Crippen LogP contribution < -0.4 is 0 Å².